The molecule has 0 rings (SSSR count). The maximum Gasteiger partial charge on any atom is 0.347 e. The van der Waals surface area contributed by atoms with E-state index >= 15 is 0 Å². The average Bonchev–Trinajstić information content (AvgIpc) is 2.61. The number of methoxy groups -OCH3 is 1. The molecule has 0 aromatic rings. The van der Waals surface area contributed by atoms with Crippen molar-refractivity contribution in [2.45, 2.75) is 27.7 Å². The average molecular weight is 358 g/mol. The molecule has 0 amide bonds. The molecule has 0 radical (unpaired) electrons. The molecule has 0 aliphatic rings. The van der Waals surface area contributed by atoms with Gasteiger partial charge in [-0.1, -0.05) is 34.3 Å². The quantitative estimate of drug-likeness (QED) is 0.132. The SMILES string of the molecule is C=C/C(=C\[N+](=C)C)C(=O)OCOC(=O)/C=C/C=O.CC.CC.COC. The number of rotatable bonds is 7. The van der Waals surface area contributed by atoms with Crippen LogP contribution in [-0.2, 0) is 28.6 Å². The topological polar surface area (TPSA) is 81.9 Å². The Morgan fingerprint density at radius 2 is 1.56 bits per heavy atom. The lowest BCUT2D eigenvalue weighted by Gasteiger charge is -2.03. The monoisotopic (exact) mass is 358 g/mol. The van der Waals surface area contributed by atoms with Gasteiger partial charge < -0.3 is 14.2 Å². The van der Waals surface area contributed by atoms with Gasteiger partial charge in [0.1, 0.15) is 25.6 Å². The minimum absolute atomic E-state index is 0.173. The van der Waals surface area contributed by atoms with E-state index in [1.54, 1.807) is 21.3 Å². The van der Waals surface area contributed by atoms with E-state index in [1.807, 2.05) is 27.7 Å². The second-order valence-corrected chi connectivity index (χ2v) is 3.46. The molecule has 7 heteroatoms. The summed E-state index contributed by atoms with van der Waals surface area (Å²) < 4.78 is 14.8. The number of carbonyl (C=O) groups is 3. The van der Waals surface area contributed by atoms with Crippen molar-refractivity contribution in [2.75, 3.05) is 28.1 Å². The van der Waals surface area contributed by atoms with E-state index in [2.05, 4.69) is 27.5 Å². The number of hydrogen-bond donors (Lipinski definition) is 0. The van der Waals surface area contributed by atoms with E-state index in [9.17, 15) is 14.4 Å². The summed E-state index contributed by atoms with van der Waals surface area (Å²) in [5.74, 6) is -1.49. The van der Waals surface area contributed by atoms with Gasteiger partial charge >= 0.3 is 11.9 Å². The zero-order chi connectivity index (χ0) is 20.7. The minimum Gasteiger partial charge on any atom is -0.425 e. The third kappa shape index (κ3) is 26.7. The van der Waals surface area contributed by atoms with Crippen LogP contribution in [0.5, 0.6) is 0 Å². The van der Waals surface area contributed by atoms with Gasteiger partial charge in [0.05, 0.1) is 0 Å². The summed E-state index contributed by atoms with van der Waals surface area (Å²) >= 11 is 0. The molecule has 0 aromatic heterocycles. The van der Waals surface area contributed by atoms with Gasteiger partial charge in [-0.05, 0) is 12.2 Å². The first-order valence-electron chi connectivity index (χ1n) is 7.66. The lowest BCUT2D eigenvalue weighted by molar-refractivity contribution is -0.412. The van der Waals surface area contributed by atoms with E-state index in [0.29, 0.717) is 6.29 Å². The van der Waals surface area contributed by atoms with Crippen molar-refractivity contribution < 1.29 is 33.2 Å². The summed E-state index contributed by atoms with van der Waals surface area (Å²) in [5.41, 5.74) is 0.173. The number of allylic oxidation sites excluding steroid dienone is 1. The van der Waals surface area contributed by atoms with Crippen molar-refractivity contribution in [3.05, 3.63) is 36.6 Å². The molecule has 0 heterocycles. The maximum atomic E-state index is 11.4. The summed E-state index contributed by atoms with van der Waals surface area (Å²) in [6.07, 6.45) is 5.00. The summed E-state index contributed by atoms with van der Waals surface area (Å²) in [6, 6.07) is 0. The summed E-state index contributed by atoms with van der Waals surface area (Å²) in [5, 5.41) is 0. The number of aldehydes is 1. The Labute approximate surface area is 151 Å². The fourth-order valence-electron chi connectivity index (χ4n) is 0.817. The Hall–Kier alpha value is -2.54. The fourth-order valence-corrected chi connectivity index (χ4v) is 0.817. The molecule has 0 saturated heterocycles. The van der Waals surface area contributed by atoms with E-state index < -0.39 is 18.7 Å². The van der Waals surface area contributed by atoms with Crippen LogP contribution in [0.3, 0.4) is 0 Å². The molecule has 0 N–H and O–H groups in total. The molecular weight excluding hydrogens is 326 g/mol. The van der Waals surface area contributed by atoms with Crippen molar-refractivity contribution >= 4 is 24.9 Å². The molecule has 7 nitrogen and oxygen atoms in total. The van der Waals surface area contributed by atoms with Crippen LogP contribution in [-0.4, -0.2) is 57.6 Å². The molecule has 0 aromatic carbocycles. The van der Waals surface area contributed by atoms with Gasteiger partial charge in [0.25, 0.3) is 0 Å². The van der Waals surface area contributed by atoms with Crippen molar-refractivity contribution in [3.8, 4) is 0 Å². The molecule has 0 aliphatic heterocycles. The van der Waals surface area contributed by atoms with Crippen molar-refractivity contribution in [1.29, 1.82) is 0 Å². The maximum absolute atomic E-state index is 11.4. The van der Waals surface area contributed by atoms with E-state index in [0.717, 1.165) is 12.2 Å². The van der Waals surface area contributed by atoms with Crippen molar-refractivity contribution in [1.82, 2.24) is 0 Å². The molecule has 144 valence electrons. The van der Waals surface area contributed by atoms with Crippen LogP contribution in [0.1, 0.15) is 27.7 Å². The third-order valence-corrected chi connectivity index (χ3v) is 1.52. The zero-order valence-corrected chi connectivity index (χ0v) is 16.4. The molecule has 0 saturated carbocycles. The Bertz CT molecular complexity index is 439. The molecule has 0 atom stereocenters. The molecule has 0 fully saturated rings. The van der Waals surface area contributed by atoms with E-state index in [1.165, 1.54) is 16.9 Å². The largest absolute Gasteiger partial charge is 0.425 e. The number of esters is 2. The van der Waals surface area contributed by atoms with E-state index in [-0.39, 0.29) is 5.57 Å². The van der Waals surface area contributed by atoms with Crippen LogP contribution in [0.15, 0.2) is 36.6 Å². The van der Waals surface area contributed by atoms with Gasteiger partial charge in [-0.15, -0.1) is 0 Å². The molecule has 0 spiro atoms. The van der Waals surface area contributed by atoms with Gasteiger partial charge in [0.2, 0.25) is 6.79 Å². The minimum atomic E-state index is -0.784. The zero-order valence-electron chi connectivity index (χ0n) is 16.4. The first-order valence-corrected chi connectivity index (χ1v) is 7.66. The highest BCUT2D eigenvalue weighted by Gasteiger charge is 2.11. The predicted molar refractivity (Wildman–Crippen MR) is 99.5 cm³/mol. The van der Waals surface area contributed by atoms with Gasteiger partial charge in [0.15, 0.2) is 6.20 Å². The first kappa shape index (κ1) is 30.4. The summed E-state index contributed by atoms with van der Waals surface area (Å²) in [7, 11) is 4.88. The lowest BCUT2D eigenvalue weighted by Crippen LogP contribution is -2.13. The second kappa shape index (κ2) is 26.4. The van der Waals surface area contributed by atoms with Crippen LogP contribution >= 0.6 is 0 Å². The standard InChI is InChI=1S/C12H14NO5.C2H6O.2C2H6/c1-4-10(8-13(2)3)12(16)18-9-17-11(15)6-5-7-14;1-3-2;2*1-2/h4-8H,1-2,9H2,3H3;1-2H3;2*1-2H3/q+1;;;/b6-5+,10-8+;;;. The normalized spacial score (nSPS) is 9.00. The number of carbonyl (C=O) groups excluding carboxylic acids is 3. The number of ether oxygens (including phenoxy) is 3. The number of hydrogen-bond acceptors (Lipinski definition) is 6. The molecule has 0 unspecified atom stereocenters. The highest BCUT2D eigenvalue weighted by atomic mass is 16.7. The highest BCUT2D eigenvalue weighted by Crippen LogP contribution is 1.99. The van der Waals surface area contributed by atoms with Gasteiger partial charge in [-0.2, -0.15) is 0 Å². The fraction of sp³-hybridized carbons (Fsp3) is 0.444. The Balaban J connectivity index is -0.000000274. The Morgan fingerprint density at radius 3 is 1.92 bits per heavy atom. The third-order valence-electron chi connectivity index (χ3n) is 1.52. The van der Waals surface area contributed by atoms with Crippen molar-refractivity contribution in [2.24, 2.45) is 0 Å². The van der Waals surface area contributed by atoms with Gasteiger partial charge in [-0.3, -0.25) is 4.79 Å². The van der Waals surface area contributed by atoms with Crippen LogP contribution in [0, 0.1) is 0 Å². The van der Waals surface area contributed by atoms with Crippen LogP contribution in [0.2, 0.25) is 0 Å². The Morgan fingerprint density at radius 1 is 1.08 bits per heavy atom. The predicted octanol–water partition coefficient (Wildman–Crippen LogP) is 2.51. The van der Waals surface area contributed by atoms with Crippen LogP contribution in [0.4, 0.5) is 0 Å². The summed E-state index contributed by atoms with van der Waals surface area (Å²) in [6.45, 7) is 14.4. The molecule has 0 bridgehead atoms. The summed E-state index contributed by atoms with van der Waals surface area (Å²) in [4.78, 5) is 32.2. The molecule has 25 heavy (non-hydrogen) atoms. The first-order chi connectivity index (χ1) is 11.9. The van der Waals surface area contributed by atoms with Crippen LogP contribution in [0.25, 0.3) is 0 Å². The smallest absolute Gasteiger partial charge is 0.347 e. The van der Waals surface area contributed by atoms with E-state index in [4.69, 9.17) is 0 Å². The van der Waals surface area contributed by atoms with Crippen molar-refractivity contribution in [3.63, 3.8) is 0 Å². The highest BCUT2D eigenvalue weighted by molar-refractivity contribution is 5.91. The Kier molecular flexibility index (Phi) is 32.0. The molecular formula is C18H32NO6+. The van der Waals surface area contributed by atoms with Gasteiger partial charge in [0, 0.05) is 20.3 Å². The van der Waals surface area contributed by atoms with Crippen LogP contribution < -0.4 is 0 Å². The number of nitrogens with zero attached hydrogens (tertiary/aromatic N) is 1. The lowest BCUT2D eigenvalue weighted by atomic mass is 10.3. The molecule has 0 aliphatic carbocycles. The van der Waals surface area contributed by atoms with Gasteiger partial charge in [-0.25, -0.2) is 14.2 Å². The second-order valence-electron chi connectivity index (χ2n) is 3.46.